The minimum absolute atomic E-state index is 0. The number of nitrogens with one attached hydrogen (secondary N) is 2. The van der Waals surface area contributed by atoms with Gasteiger partial charge >= 0.3 is 0 Å². The van der Waals surface area contributed by atoms with E-state index in [1.54, 1.807) is 25.5 Å². The lowest BCUT2D eigenvalue weighted by Gasteiger charge is -2.11. The highest BCUT2D eigenvalue weighted by atomic mass is 127. The van der Waals surface area contributed by atoms with Gasteiger partial charge in [0, 0.05) is 25.0 Å². The predicted molar refractivity (Wildman–Crippen MR) is 110 cm³/mol. The summed E-state index contributed by atoms with van der Waals surface area (Å²) < 4.78 is 5.98. The molecule has 0 fully saturated rings. The van der Waals surface area contributed by atoms with E-state index in [1.165, 1.54) is 10.4 Å². The van der Waals surface area contributed by atoms with Crippen LogP contribution in [-0.4, -0.2) is 26.7 Å². The molecule has 1 aromatic heterocycles. The van der Waals surface area contributed by atoms with Gasteiger partial charge in [0.25, 0.3) is 0 Å². The van der Waals surface area contributed by atoms with Crippen LogP contribution in [0.2, 0.25) is 4.34 Å². The Labute approximate surface area is 163 Å². The third-order valence-electron chi connectivity index (χ3n) is 3.14. The Balaban J connectivity index is 0.00000264. The summed E-state index contributed by atoms with van der Waals surface area (Å²) in [6, 6.07) is 12.0. The van der Waals surface area contributed by atoms with Crippen LogP contribution < -0.4 is 15.4 Å². The number of methoxy groups -OCH3 is 1. The van der Waals surface area contributed by atoms with Crippen LogP contribution >= 0.6 is 46.9 Å². The molecule has 0 spiro atoms. The largest absolute Gasteiger partial charge is 0.497 e. The summed E-state index contributed by atoms with van der Waals surface area (Å²) in [4.78, 5) is 5.49. The molecular weight excluding hydrogens is 445 g/mol. The number of hydrogen-bond acceptors (Lipinski definition) is 3. The highest BCUT2D eigenvalue weighted by Gasteiger charge is 2.01. The van der Waals surface area contributed by atoms with Crippen molar-refractivity contribution in [3.05, 3.63) is 51.2 Å². The van der Waals surface area contributed by atoms with E-state index in [0.29, 0.717) is 6.54 Å². The predicted octanol–water partition coefficient (Wildman–Crippen LogP) is 3.94. The van der Waals surface area contributed by atoms with Gasteiger partial charge in [0.05, 0.1) is 11.4 Å². The van der Waals surface area contributed by atoms with Crippen LogP contribution in [0.4, 0.5) is 0 Å². The van der Waals surface area contributed by atoms with Crippen molar-refractivity contribution in [3.63, 3.8) is 0 Å². The summed E-state index contributed by atoms with van der Waals surface area (Å²) >= 11 is 7.54. The van der Waals surface area contributed by atoms with Gasteiger partial charge in [-0.3, -0.25) is 4.99 Å². The zero-order chi connectivity index (χ0) is 15.8. The summed E-state index contributed by atoms with van der Waals surface area (Å²) in [6.07, 6.45) is 0.931. The van der Waals surface area contributed by atoms with Crippen LogP contribution in [0.5, 0.6) is 5.75 Å². The van der Waals surface area contributed by atoms with Crippen LogP contribution in [0.15, 0.2) is 41.4 Å². The van der Waals surface area contributed by atoms with Crippen molar-refractivity contribution >= 4 is 52.9 Å². The second-order valence-corrected chi connectivity index (χ2v) is 6.46. The molecule has 0 aliphatic heterocycles. The zero-order valence-electron chi connectivity index (χ0n) is 13.1. The second kappa shape index (κ2) is 10.7. The maximum atomic E-state index is 5.92. The molecule has 0 radical (unpaired) electrons. The minimum Gasteiger partial charge on any atom is -0.497 e. The maximum absolute atomic E-state index is 5.92. The average Bonchev–Trinajstić information content (AvgIpc) is 2.96. The molecule has 1 heterocycles. The molecule has 0 saturated carbocycles. The lowest BCUT2D eigenvalue weighted by molar-refractivity contribution is 0.414. The van der Waals surface area contributed by atoms with Gasteiger partial charge in [-0.1, -0.05) is 23.7 Å². The molecule has 4 nitrogen and oxygen atoms in total. The first-order valence-corrected chi connectivity index (χ1v) is 8.22. The number of aliphatic imine (C=N–C) groups is 1. The van der Waals surface area contributed by atoms with Crippen molar-refractivity contribution in [1.29, 1.82) is 0 Å². The van der Waals surface area contributed by atoms with Crippen molar-refractivity contribution in [3.8, 4) is 5.75 Å². The Kier molecular flexibility index (Phi) is 9.35. The molecule has 0 saturated heterocycles. The van der Waals surface area contributed by atoms with E-state index in [0.717, 1.165) is 29.0 Å². The molecule has 1 aromatic carbocycles. The van der Waals surface area contributed by atoms with Gasteiger partial charge in [-0.25, -0.2) is 0 Å². The highest BCUT2D eigenvalue weighted by Crippen LogP contribution is 2.21. The van der Waals surface area contributed by atoms with Gasteiger partial charge in [-0.05, 0) is 36.2 Å². The molecule has 0 amide bonds. The van der Waals surface area contributed by atoms with Gasteiger partial charge in [0.1, 0.15) is 5.75 Å². The number of guanidine groups is 1. The molecule has 0 unspecified atom stereocenters. The zero-order valence-corrected chi connectivity index (χ0v) is 17.0. The number of rotatable bonds is 6. The number of thiophene rings is 1. The monoisotopic (exact) mass is 465 g/mol. The molecule has 0 bridgehead atoms. The van der Waals surface area contributed by atoms with E-state index in [-0.39, 0.29) is 24.0 Å². The van der Waals surface area contributed by atoms with Crippen molar-refractivity contribution in [2.24, 2.45) is 4.99 Å². The lowest BCUT2D eigenvalue weighted by Crippen LogP contribution is -2.37. The summed E-state index contributed by atoms with van der Waals surface area (Å²) in [5.41, 5.74) is 1.17. The van der Waals surface area contributed by atoms with Crippen LogP contribution in [0, 0.1) is 0 Å². The van der Waals surface area contributed by atoms with E-state index in [4.69, 9.17) is 16.3 Å². The molecule has 2 rings (SSSR count). The Morgan fingerprint density at radius 3 is 2.48 bits per heavy atom. The van der Waals surface area contributed by atoms with Crippen LogP contribution in [0.1, 0.15) is 10.4 Å². The van der Waals surface area contributed by atoms with E-state index in [9.17, 15) is 0 Å². The third-order valence-corrected chi connectivity index (χ3v) is 4.43. The molecule has 0 aliphatic carbocycles. The van der Waals surface area contributed by atoms with Crippen molar-refractivity contribution in [2.45, 2.75) is 13.0 Å². The average molecular weight is 466 g/mol. The van der Waals surface area contributed by atoms with E-state index in [2.05, 4.69) is 21.7 Å². The molecule has 7 heteroatoms. The first-order valence-electron chi connectivity index (χ1n) is 7.03. The maximum Gasteiger partial charge on any atom is 0.191 e. The smallest absolute Gasteiger partial charge is 0.191 e. The number of nitrogens with zero attached hydrogens (tertiary/aromatic N) is 1. The molecule has 23 heavy (non-hydrogen) atoms. The normalized spacial score (nSPS) is 10.8. The standard InChI is InChI=1S/C16H20ClN3OS.HI/c1-18-16(19-10-9-14-7-8-15(17)22-14)20-11-12-3-5-13(21-2)6-4-12;/h3-8H,9-11H2,1-2H3,(H2,18,19,20);1H. The van der Waals surface area contributed by atoms with Gasteiger partial charge in [-0.2, -0.15) is 0 Å². The van der Waals surface area contributed by atoms with Crippen molar-refractivity contribution < 1.29 is 4.74 Å². The number of hydrogen-bond donors (Lipinski definition) is 2. The van der Waals surface area contributed by atoms with E-state index < -0.39 is 0 Å². The summed E-state index contributed by atoms with van der Waals surface area (Å²) in [5, 5.41) is 6.59. The Morgan fingerprint density at radius 1 is 1.17 bits per heavy atom. The van der Waals surface area contributed by atoms with Gasteiger partial charge in [-0.15, -0.1) is 35.3 Å². The number of benzene rings is 1. The molecule has 2 N–H and O–H groups in total. The topological polar surface area (TPSA) is 45.7 Å². The van der Waals surface area contributed by atoms with E-state index >= 15 is 0 Å². The highest BCUT2D eigenvalue weighted by molar-refractivity contribution is 14.0. The SMILES string of the molecule is CN=C(NCCc1ccc(Cl)s1)NCc1ccc(OC)cc1.I. The summed E-state index contributed by atoms with van der Waals surface area (Å²) in [7, 11) is 3.44. The number of halogens is 2. The quantitative estimate of drug-likeness (QED) is 0.386. The molecular formula is C16H21ClIN3OS. The fraction of sp³-hybridized carbons (Fsp3) is 0.312. The minimum atomic E-state index is 0. The van der Waals surface area contributed by atoms with Crippen LogP contribution in [0.25, 0.3) is 0 Å². The Bertz CT molecular complexity index is 616. The first-order chi connectivity index (χ1) is 10.7. The first kappa shape index (κ1) is 20.1. The fourth-order valence-corrected chi connectivity index (χ4v) is 3.03. The van der Waals surface area contributed by atoms with E-state index in [1.807, 2.05) is 30.3 Å². The summed E-state index contributed by atoms with van der Waals surface area (Å²) in [5.74, 6) is 1.65. The molecule has 0 atom stereocenters. The van der Waals surface area contributed by atoms with Crippen molar-refractivity contribution in [1.82, 2.24) is 10.6 Å². The lowest BCUT2D eigenvalue weighted by atomic mass is 10.2. The molecule has 126 valence electrons. The van der Waals surface area contributed by atoms with Gasteiger partial charge in [0.2, 0.25) is 0 Å². The Morgan fingerprint density at radius 2 is 1.91 bits per heavy atom. The Hall–Kier alpha value is -0.990. The van der Waals surface area contributed by atoms with Crippen LogP contribution in [0.3, 0.4) is 0 Å². The number of ether oxygens (including phenoxy) is 1. The fourth-order valence-electron chi connectivity index (χ4n) is 1.94. The van der Waals surface area contributed by atoms with Crippen LogP contribution in [-0.2, 0) is 13.0 Å². The third kappa shape index (κ3) is 6.97. The summed E-state index contributed by atoms with van der Waals surface area (Å²) in [6.45, 7) is 1.54. The van der Waals surface area contributed by atoms with Crippen molar-refractivity contribution in [2.75, 3.05) is 20.7 Å². The van der Waals surface area contributed by atoms with Gasteiger partial charge < -0.3 is 15.4 Å². The van der Waals surface area contributed by atoms with Gasteiger partial charge in [0.15, 0.2) is 5.96 Å². The molecule has 2 aromatic rings. The second-order valence-electron chi connectivity index (χ2n) is 4.66. The molecule has 0 aliphatic rings.